The zero-order valence-electron chi connectivity index (χ0n) is 26.7. The summed E-state index contributed by atoms with van der Waals surface area (Å²) >= 11 is 0. The molecule has 0 radical (unpaired) electrons. The number of carbonyl (C=O) groups excluding carboxylic acids is 2. The van der Waals surface area contributed by atoms with E-state index in [4.69, 9.17) is 14.2 Å². The van der Waals surface area contributed by atoms with Crippen LogP contribution in [0.1, 0.15) is 117 Å². The molecule has 0 rings (SSSR count). The standard InChI is InChI=1S/C33H59NO7/c1-6-8-10-12-14-15-16-18-19-21-23-31(35)40-28-29(27-39-26-25-30(33(37)38)34(3,4)5)41-32(36)24-22-20-17-13-11-9-7-2/h12,14,17,20,29-30H,6-11,13,15-16,18-19,21-28H2,1-5H3/p+1/b14-12+,20-17+. The van der Waals surface area contributed by atoms with Crippen LogP contribution in [0.15, 0.2) is 24.3 Å². The minimum Gasteiger partial charge on any atom is -0.477 e. The second-order valence-electron chi connectivity index (χ2n) is 11.7. The molecule has 238 valence electrons. The highest BCUT2D eigenvalue weighted by Crippen LogP contribution is 2.11. The number of carboxylic acid groups (broad SMARTS) is 1. The van der Waals surface area contributed by atoms with Crippen LogP contribution < -0.4 is 0 Å². The molecular formula is C33H60NO7+. The van der Waals surface area contributed by atoms with E-state index in [1.807, 2.05) is 27.2 Å². The molecule has 8 nitrogen and oxygen atoms in total. The summed E-state index contributed by atoms with van der Waals surface area (Å²) in [6.07, 6.45) is 22.5. The monoisotopic (exact) mass is 582 g/mol. The molecule has 2 unspecified atom stereocenters. The van der Waals surface area contributed by atoms with Gasteiger partial charge in [-0.05, 0) is 44.9 Å². The minimum absolute atomic E-state index is 0.0428. The number of aliphatic carboxylic acids is 1. The number of esters is 2. The van der Waals surface area contributed by atoms with Crippen molar-refractivity contribution in [2.45, 2.75) is 129 Å². The first-order chi connectivity index (χ1) is 19.6. The van der Waals surface area contributed by atoms with Crippen LogP contribution in [0, 0.1) is 0 Å². The fourth-order valence-electron chi connectivity index (χ4n) is 4.26. The molecule has 0 saturated heterocycles. The predicted octanol–water partition coefficient (Wildman–Crippen LogP) is 7.01. The van der Waals surface area contributed by atoms with E-state index in [-0.39, 0.29) is 42.7 Å². The molecule has 0 aliphatic carbocycles. The number of likely N-dealkylation sites (N-methyl/N-ethyl adjacent to an activating group) is 1. The third kappa shape index (κ3) is 24.1. The third-order valence-electron chi connectivity index (χ3n) is 6.84. The fourth-order valence-corrected chi connectivity index (χ4v) is 4.26. The van der Waals surface area contributed by atoms with Gasteiger partial charge in [-0.3, -0.25) is 9.59 Å². The van der Waals surface area contributed by atoms with E-state index in [9.17, 15) is 19.5 Å². The highest BCUT2D eigenvalue weighted by atomic mass is 16.6. The Kier molecular flexibility index (Phi) is 24.2. The van der Waals surface area contributed by atoms with E-state index in [2.05, 4.69) is 32.1 Å². The Morgan fingerprint density at radius 3 is 1.90 bits per heavy atom. The predicted molar refractivity (Wildman–Crippen MR) is 165 cm³/mol. The van der Waals surface area contributed by atoms with Crippen molar-refractivity contribution in [2.75, 3.05) is 41.0 Å². The number of carboxylic acids is 1. The fraction of sp³-hybridized carbons (Fsp3) is 0.788. The van der Waals surface area contributed by atoms with Crippen molar-refractivity contribution < 1.29 is 38.2 Å². The van der Waals surface area contributed by atoms with Gasteiger partial charge in [0.1, 0.15) is 6.61 Å². The second-order valence-corrected chi connectivity index (χ2v) is 11.7. The average Bonchev–Trinajstić information content (AvgIpc) is 2.91. The second kappa shape index (κ2) is 25.5. The Balaban J connectivity index is 4.56. The topological polar surface area (TPSA) is 99.1 Å². The van der Waals surface area contributed by atoms with E-state index in [0.717, 1.165) is 51.4 Å². The largest absolute Gasteiger partial charge is 0.477 e. The summed E-state index contributed by atoms with van der Waals surface area (Å²) in [6.45, 7) is 4.53. The van der Waals surface area contributed by atoms with Crippen LogP contribution in [0.2, 0.25) is 0 Å². The van der Waals surface area contributed by atoms with Gasteiger partial charge in [0, 0.05) is 19.3 Å². The van der Waals surface area contributed by atoms with Gasteiger partial charge in [-0.25, -0.2) is 4.79 Å². The van der Waals surface area contributed by atoms with E-state index in [1.165, 1.54) is 25.7 Å². The molecule has 0 aliphatic rings. The van der Waals surface area contributed by atoms with Crippen LogP contribution >= 0.6 is 0 Å². The van der Waals surface area contributed by atoms with Crippen molar-refractivity contribution in [1.29, 1.82) is 0 Å². The summed E-state index contributed by atoms with van der Waals surface area (Å²) < 4.78 is 17.0. The number of allylic oxidation sites excluding steroid dienone is 4. The number of quaternary nitrogens is 1. The van der Waals surface area contributed by atoms with Crippen LogP contribution in [0.5, 0.6) is 0 Å². The van der Waals surface area contributed by atoms with Crippen molar-refractivity contribution in [3.05, 3.63) is 24.3 Å². The zero-order valence-corrected chi connectivity index (χ0v) is 26.7. The molecule has 0 heterocycles. The van der Waals surface area contributed by atoms with Gasteiger partial charge in [0.15, 0.2) is 12.1 Å². The molecule has 0 amide bonds. The van der Waals surface area contributed by atoms with E-state index in [0.29, 0.717) is 19.3 Å². The first-order valence-electron chi connectivity index (χ1n) is 15.9. The lowest BCUT2D eigenvalue weighted by Crippen LogP contribution is -2.50. The average molecular weight is 583 g/mol. The maximum atomic E-state index is 12.4. The lowest BCUT2D eigenvalue weighted by atomic mass is 10.1. The first-order valence-corrected chi connectivity index (χ1v) is 15.9. The molecule has 0 spiro atoms. The maximum Gasteiger partial charge on any atom is 0.362 e. The van der Waals surface area contributed by atoms with Gasteiger partial charge in [0.2, 0.25) is 0 Å². The van der Waals surface area contributed by atoms with E-state index < -0.39 is 18.1 Å². The Labute approximate surface area is 250 Å². The van der Waals surface area contributed by atoms with Gasteiger partial charge in [0.05, 0.1) is 34.4 Å². The van der Waals surface area contributed by atoms with Crippen LogP contribution in [0.3, 0.4) is 0 Å². The van der Waals surface area contributed by atoms with Gasteiger partial charge >= 0.3 is 17.9 Å². The molecular weight excluding hydrogens is 522 g/mol. The zero-order chi connectivity index (χ0) is 30.8. The van der Waals surface area contributed by atoms with E-state index in [1.54, 1.807) is 0 Å². The number of nitrogens with zero attached hydrogens (tertiary/aromatic N) is 1. The quantitative estimate of drug-likeness (QED) is 0.0481. The van der Waals surface area contributed by atoms with Gasteiger partial charge in [-0.1, -0.05) is 76.7 Å². The van der Waals surface area contributed by atoms with Gasteiger partial charge in [-0.2, -0.15) is 0 Å². The lowest BCUT2D eigenvalue weighted by Gasteiger charge is -2.31. The van der Waals surface area contributed by atoms with Crippen molar-refractivity contribution in [3.8, 4) is 0 Å². The highest BCUT2D eigenvalue weighted by molar-refractivity contribution is 5.72. The lowest BCUT2D eigenvalue weighted by molar-refractivity contribution is -0.887. The number of rotatable bonds is 27. The molecule has 0 fully saturated rings. The SMILES string of the molecule is CCCC/C=C/CCCCCCC(=O)OCC(COCCC(C(=O)O)[N+](C)(C)C)OC(=O)CC/C=C/CCCCC. The Morgan fingerprint density at radius 1 is 0.707 bits per heavy atom. The summed E-state index contributed by atoms with van der Waals surface area (Å²) in [5.41, 5.74) is 0. The van der Waals surface area contributed by atoms with Crippen molar-refractivity contribution in [2.24, 2.45) is 0 Å². The molecule has 2 atom stereocenters. The van der Waals surface area contributed by atoms with Crippen molar-refractivity contribution in [1.82, 2.24) is 0 Å². The first kappa shape index (κ1) is 38.8. The van der Waals surface area contributed by atoms with Crippen LogP contribution in [-0.2, 0) is 28.6 Å². The smallest absolute Gasteiger partial charge is 0.362 e. The van der Waals surface area contributed by atoms with Gasteiger partial charge in [-0.15, -0.1) is 0 Å². The number of hydrogen-bond donors (Lipinski definition) is 1. The third-order valence-corrected chi connectivity index (χ3v) is 6.84. The van der Waals surface area contributed by atoms with Crippen molar-refractivity contribution >= 4 is 17.9 Å². The molecule has 41 heavy (non-hydrogen) atoms. The molecule has 0 aromatic heterocycles. The van der Waals surface area contributed by atoms with Crippen LogP contribution in [-0.4, -0.2) is 80.6 Å². The Bertz CT molecular complexity index is 742. The highest BCUT2D eigenvalue weighted by Gasteiger charge is 2.31. The Hall–Kier alpha value is -2.19. The Morgan fingerprint density at radius 2 is 1.29 bits per heavy atom. The maximum absolute atomic E-state index is 12.4. The molecule has 0 bridgehead atoms. The molecule has 1 N–H and O–H groups in total. The number of unbranched alkanes of at least 4 members (excludes halogenated alkanes) is 9. The summed E-state index contributed by atoms with van der Waals surface area (Å²) in [7, 11) is 5.48. The van der Waals surface area contributed by atoms with Crippen LogP contribution in [0.4, 0.5) is 0 Å². The molecule has 8 heteroatoms. The van der Waals surface area contributed by atoms with E-state index >= 15 is 0 Å². The van der Waals surface area contributed by atoms with Crippen LogP contribution in [0.25, 0.3) is 0 Å². The van der Waals surface area contributed by atoms with Gasteiger partial charge in [0.25, 0.3) is 0 Å². The summed E-state index contributed by atoms with van der Waals surface area (Å²) in [4.78, 5) is 36.3. The molecule has 0 aliphatic heterocycles. The minimum atomic E-state index is -0.885. The molecule has 0 aromatic rings. The van der Waals surface area contributed by atoms with Gasteiger partial charge < -0.3 is 23.8 Å². The van der Waals surface area contributed by atoms with Crippen molar-refractivity contribution in [3.63, 3.8) is 0 Å². The number of carbonyl (C=O) groups is 3. The number of hydrogen-bond acceptors (Lipinski definition) is 6. The molecule has 0 aromatic carbocycles. The number of ether oxygens (including phenoxy) is 3. The molecule has 0 saturated carbocycles. The normalized spacial score (nSPS) is 13.5. The summed E-state index contributed by atoms with van der Waals surface area (Å²) in [6, 6.07) is -0.616. The summed E-state index contributed by atoms with van der Waals surface area (Å²) in [5.74, 6) is -1.56. The summed E-state index contributed by atoms with van der Waals surface area (Å²) in [5, 5.41) is 9.51.